The van der Waals surface area contributed by atoms with E-state index in [4.69, 9.17) is 31.1 Å². The SMILES string of the molecule is COc1cc(CO)cc(COc2ccc(B(O)O)cc2Cl)c1. The van der Waals surface area contributed by atoms with Crippen molar-refractivity contribution in [1.29, 1.82) is 0 Å². The Bertz CT molecular complexity index is 626. The van der Waals surface area contributed by atoms with Crippen molar-refractivity contribution in [3.8, 4) is 11.5 Å². The molecule has 0 unspecified atom stereocenters. The third-order valence-corrected chi connectivity index (χ3v) is 3.39. The van der Waals surface area contributed by atoms with Crippen LogP contribution in [0.2, 0.25) is 5.02 Å². The van der Waals surface area contributed by atoms with Crippen LogP contribution in [0.15, 0.2) is 36.4 Å². The molecule has 0 aliphatic carbocycles. The maximum atomic E-state index is 9.23. The van der Waals surface area contributed by atoms with Gasteiger partial charge in [0.2, 0.25) is 0 Å². The second kappa shape index (κ2) is 7.51. The van der Waals surface area contributed by atoms with Crippen molar-refractivity contribution in [3.05, 3.63) is 52.5 Å². The van der Waals surface area contributed by atoms with Gasteiger partial charge in [-0.3, -0.25) is 0 Å². The molecule has 0 heterocycles. The Kier molecular flexibility index (Phi) is 5.68. The van der Waals surface area contributed by atoms with Crippen LogP contribution in [-0.2, 0) is 13.2 Å². The van der Waals surface area contributed by atoms with E-state index in [0.29, 0.717) is 17.0 Å². The van der Waals surface area contributed by atoms with Gasteiger partial charge in [0.15, 0.2) is 0 Å². The maximum Gasteiger partial charge on any atom is 0.488 e. The molecule has 0 aliphatic heterocycles. The van der Waals surface area contributed by atoms with E-state index in [-0.39, 0.29) is 18.2 Å². The summed E-state index contributed by atoms with van der Waals surface area (Å²) in [4.78, 5) is 0. The molecule has 0 atom stereocenters. The highest BCUT2D eigenvalue weighted by molar-refractivity contribution is 6.59. The molecule has 5 nitrogen and oxygen atoms in total. The van der Waals surface area contributed by atoms with Crippen LogP contribution in [-0.4, -0.2) is 29.4 Å². The predicted octanol–water partition coefficient (Wildman–Crippen LogP) is 1.10. The molecule has 0 amide bonds. The van der Waals surface area contributed by atoms with Crippen molar-refractivity contribution in [2.45, 2.75) is 13.2 Å². The van der Waals surface area contributed by atoms with E-state index < -0.39 is 7.12 Å². The van der Waals surface area contributed by atoms with E-state index >= 15 is 0 Å². The normalized spacial score (nSPS) is 10.4. The summed E-state index contributed by atoms with van der Waals surface area (Å²) in [5.74, 6) is 1.06. The highest BCUT2D eigenvalue weighted by atomic mass is 35.5. The van der Waals surface area contributed by atoms with Gasteiger partial charge in [-0.15, -0.1) is 0 Å². The summed E-state index contributed by atoms with van der Waals surface area (Å²) in [6.07, 6.45) is 0. The molecular weight excluding hydrogens is 306 g/mol. The van der Waals surface area contributed by atoms with E-state index in [0.717, 1.165) is 11.1 Å². The van der Waals surface area contributed by atoms with E-state index in [1.165, 1.54) is 12.1 Å². The predicted molar refractivity (Wildman–Crippen MR) is 84.5 cm³/mol. The van der Waals surface area contributed by atoms with E-state index in [1.54, 1.807) is 25.3 Å². The summed E-state index contributed by atoms with van der Waals surface area (Å²) >= 11 is 6.04. The Morgan fingerprint density at radius 3 is 2.41 bits per heavy atom. The Morgan fingerprint density at radius 2 is 1.82 bits per heavy atom. The molecule has 2 rings (SSSR count). The standard InChI is InChI=1S/C15H16BClO5/c1-21-13-5-10(8-18)4-11(6-13)9-22-15-3-2-12(16(19)20)7-14(15)17/h2-7,18-20H,8-9H2,1H3. The quantitative estimate of drug-likeness (QED) is 0.694. The van der Waals surface area contributed by atoms with Crippen LogP contribution in [0.3, 0.4) is 0 Å². The summed E-state index contributed by atoms with van der Waals surface area (Å²) in [7, 11) is -0.0197. The Hall–Kier alpha value is -1.73. The summed E-state index contributed by atoms with van der Waals surface area (Å²) in [6.45, 7) is 0.152. The van der Waals surface area contributed by atoms with Gasteiger partial charge in [0, 0.05) is 0 Å². The van der Waals surface area contributed by atoms with Gasteiger partial charge in [-0.05, 0) is 46.9 Å². The van der Waals surface area contributed by atoms with Crippen molar-refractivity contribution in [2.75, 3.05) is 7.11 Å². The van der Waals surface area contributed by atoms with Gasteiger partial charge in [0.1, 0.15) is 18.1 Å². The minimum absolute atomic E-state index is 0.0892. The van der Waals surface area contributed by atoms with Gasteiger partial charge in [-0.1, -0.05) is 17.7 Å². The molecular formula is C15H16BClO5. The number of aliphatic hydroxyl groups is 1. The van der Waals surface area contributed by atoms with Crippen LogP contribution in [0, 0.1) is 0 Å². The molecule has 22 heavy (non-hydrogen) atoms. The number of hydrogen-bond acceptors (Lipinski definition) is 5. The molecule has 0 fully saturated rings. The zero-order chi connectivity index (χ0) is 16.1. The first-order valence-electron chi connectivity index (χ1n) is 6.59. The lowest BCUT2D eigenvalue weighted by molar-refractivity contribution is 0.279. The molecule has 0 radical (unpaired) electrons. The highest BCUT2D eigenvalue weighted by Crippen LogP contribution is 2.25. The molecule has 116 valence electrons. The molecule has 7 heteroatoms. The third kappa shape index (κ3) is 4.14. The number of aliphatic hydroxyl groups excluding tert-OH is 1. The van der Waals surface area contributed by atoms with E-state index in [9.17, 15) is 5.11 Å². The topological polar surface area (TPSA) is 79.2 Å². The van der Waals surface area contributed by atoms with Gasteiger partial charge in [-0.25, -0.2) is 0 Å². The minimum atomic E-state index is -1.57. The Balaban J connectivity index is 2.13. The first-order valence-corrected chi connectivity index (χ1v) is 6.97. The lowest BCUT2D eigenvalue weighted by Crippen LogP contribution is -2.29. The molecule has 2 aromatic rings. The molecule has 0 saturated carbocycles. The van der Waals surface area contributed by atoms with Crippen molar-refractivity contribution in [1.82, 2.24) is 0 Å². The van der Waals surface area contributed by atoms with Crippen molar-refractivity contribution < 1.29 is 24.6 Å². The number of rotatable bonds is 6. The summed E-state index contributed by atoms with van der Waals surface area (Å²) in [5.41, 5.74) is 1.84. The van der Waals surface area contributed by atoms with Gasteiger partial charge in [0.25, 0.3) is 0 Å². The lowest BCUT2D eigenvalue weighted by Gasteiger charge is -2.11. The highest BCUT2D eigenvalue weighted by Gasteiger charge is 2.13. The summed E-state index contributed by atoms with van der Waals surface area (Å²) in [6, 6.07) is 9.89. The third-order valence-electron chi connectivity index (χ3n) is 3.09. The number of hydrogen-bond donors (Lipinski definition) is 3. The summed E-state index contributed by atoms with van der Waals surface area (Å²) < 4.78 is 10.8. The zero-order valence-electron chi connectivity index (χ0n) is 12.0. The van der Waals surface area contributed by atoms with Gasteiger partial charge in [0.05, 0.1) is 18.7 Å². The van der Waals surface area contributed by atoms with Crippen LogP contribution < -0.4 is 14.9 Å². The van der Waals surface area contributed by atoms with Crippen LogP contribution in [0.25, 0.3) is 0 Å². The molecule has 3 N–H and O–H groups in total. The monoisotopic (exact) mass is 322 g/mol. The fourth-order valence-corrected chi connectivity index (χ4v) is 2.22. The number of methoxy groups -OCH3 is 1. The average Bonchev–Trinajstić information content (AvgIpc) is 2.53. The molecule has 0 bridgehead atoms. The molecule has 2 aromatic carbocycles. The van der Waals surface area contributed by atoms with Crippen LogP contribution in [0.5, 0.6) is 11.5 Å². The van der Waals surface area contributed by atoms with Gasteiger partial charge in [-0.2, -0.15) is 0 Å². The fraction of sp³-hybridized carbons (Fsp3) is 0.200. The van der Waals surface area contributed by atoms with Crippen molar-refractivity contribution in [3.63, 3.8) is 0 Å². The van der Waals surface area contributed by atoms with E-state index in [1.807, 2.05) is 6.07 Å². The van der Waals surface area contributed by atoms with Crippen molar-refractivity contribution >= 4 is 24.2 Å². The van der Waals surface area contributed by atoms with Gasteiger partial charge >= 0.3 is 7.12 Å². The second-order valence-electron chi connectivity index (χ2n) is 4.70. The van der Waals surface area contributed by atoms with Crippen LogP contribution in [0.4, 0.5) is 0 Å². The smallest absolute Gasteiger partial charge is 0.488 e. The van der Waals surface area contributed by atoms with Gasteiger partial charge < -0.3 is 24.6 Å². The molecule has 0 aliphatic rings. The van der Waals surface area contributed by atoms with Crippen LogP contribution in [0.1, 0.15) is 11.1 Å². The lowest BCUT2D eigenvalue weighted by atomic mass is 9.80. The van der Waals surface area contributed by atoms with Crippen molar-refractivity contribution in [2.24, 2.45) is 0 Å². The molecule has 0 spiro atoms. The number of ether oxygens (including phenoxy) is 2. The second-order valence-corrected chi connectivity index (χ2v) is 5.11. The first kappa shape index (κ1) is 16.6. The molecule has 0 saturated heterocycles. The first-order chi connectivity index (χ1) is 10.5. The van der Waals surface area contributed by atoms with E-state index in [2.05, 4.69) is 0 Å². The molecule has 0 aromatic heterocycles. The largest absolute Gasteiger partial charge is 0.497 e. The maximum absolute atomic E-state index is 9.23. The zero-order valence-corrected chi connectivity index (χ0v) is 12.7. The summed E-state index contributed by atoms with van der Waals surface area (Å²) in [5, 5.41) is 27.7. The Labute approximate surface area is 133 Å². The fourth-order valence-electron chi connectivity index (χ4n) is 1.98. The minimum Gasteiger partial charge on any atom is -0.497 e. The number of benzene rings is 2. The van der Waals surface area contributed by atoms with Crippen LogP contribution >= 0.6 is 11.6 Å². The average molecular weight is 323 g/mol. The number of halogens is 1. The Morgan fingerprint density at radius 1 is 1.09 bits per heavy atom.